The fourth-order valence-corrected chi connectivity index (χ4v) is 4.21. The fourth-order valence-electron chi connectivity index (χ4n) is 2.88. The second kappa shape index (κ2) is 7.00. The van der Waals surface area contributed by atoms with Crippen LogP contribution in [0.1, 0.15) is 16.5 Å². The Kier molecular flexibility index (Phi) is 5.03. The fraction of sp³-hybridized carbons (Fsp3) is 0.375. The largest absolute Gasteiger partial charge is 0.504 e. The molecule has 2 aromatic rings. The maximum Gasteiger partial charge on any atom is 0.162 e. The third kappa shape index (κ3) is 3.15. The maximum absolute atomic E-state index is 10.6. The standard InChI is InChI=1S/C16H19BrN2O2S/c1-21-13-10-11(17)9-12(16(13)20)15(14-3-2-8-22-14)19-6-4-18-5-7-19/h2-3,8-10,15,18,20H,4-7H2,1H3/t15-/m1/s1. The van der Waals surface area contributed by atoms with Gasteiger partial charge in [-0.2, -0.15) is 0 Å². The van der Waals surface area contributed by atoms with Gasteiger partial charge in [-0.05, 0) is 23.6 Å². The number of thiophene rings is 1. The van der Waals surface area contributed by atoms with Crippen LogP contribution in [0.5, 0.6) is 11.5 Å². The molecule has 1 atom stereocenters. The zero-order valence-corrected chi connectivity index (χ0v) is 14.8. The summed E-state index contributed by atoms with van der Waals surface area (Å²) in [6.07, 6.45) is 0. The normalized spacial score (nSPS) is 17.4. The van der Waals surface area contributed by atoms with Gasteiger partial charge in [0.25, 0.3) is 0 Å². The first kappa shape index (κ1) is 15.8. The van der Waals surface area contributed by atoms with Gasteiger partial charge < -0.3 is 15.2 Å². The number of piperazine rings is 1. The first-order valence-corrected chi connectivity index (χ1v) is 8.92. The molecule has 2 N–H and O–H groups in total. The number of aromatic hydroxyl groups is 1. The van der Waals surface area contributed by atoms with E-state index in [1.807, 2.05) is 6.07 Å². The molecule has 1 aliphatic heterocycles. The molecule has 0 radical (unpaired) electrons. The molecular formula is C16H19BrN2O2S. The second-order valence-electron chi connectivity index (χ2n) is 5.25. The summed E-state index contributed by atoms with van der Waals surface area (Å²) in [7, 11) is 1.58. The Morgan fingerprint density at radius 1 is 1.36 bits per heavy atom. The van der Waals surface area contributed by atoms with E-state index < -0.39 is 0 Å². The zero-order valence-electron chi connectivity index (χ0n) is 12.4. The van der Waals surface area contributed by atoms with Crippen LogP contribution in [-0.2, 0) is 0 Å². The van der Waals surface area contributed by atoms with Gasteiger partial charge in [-0.1, -0.05) is 22.0 Å². The number of phenolic OH excluding ortho intramolecular Hbond substituents is 1. The van der Waals surface area contributed by atoms with E-state index in [0.717, 1.165) is 36.2 Å². The van der Waals surface area contributed by atoms with Crippen LogP contribution in [0.2, 0.25) is 0 Å². The Morgan fingerprint density at radius 3 is 2.77 bits per heavy atom. The van der Waals surface area contributed by atoms with E-state index in [0.29, 0.717) is 5.75 Å². The number of rotatable bonds is 4. The highest BCUT2D eigenvalue weighted by molar-refractivity contribution is 9.10. The van der Waals surface area contributed by atoms with E-state index >= 15 is 0 Å². The lowest BCUT2D eigenvalue weighted by Crippen LogP contribution is -2.45. The van der Waals surface area contributed by atoms with Crippen LogP contribution in [-0.4, -0.2) is 43.3 Å². The van der Waals surface area contributed by atoms with Gasteiger partial charge in [0.05, 0.1) is 13.2 Å². The minimum absolute atomic E-state index is 0.0495. The molecule has 0 unspecified atom stereocenters. The average molecular weight is 383 g/mol. The number of benzene rings is 1. The Balaban J connectivity index is 2.07. The number of halogens is 1. The van der Waals surface area contributed by atoms with E-state index in [9.17, 15) is 5.11 Å². The Morgan fingerprint density at radius 2 is 2.14 bits per heavy atom. The summed E-state index contributed by atoms with van der Waals surface area (Å²) in [6.45, 7) is 3.84. The predicted molar refractivity (Wildman–Crippen MR) is 93.0 cm³/mol. The summed E-state index contributed by atoms with van der Waals surface area (Å²) in [5.41, 5.74) is 0.885. The molecule has 22 heavy (non-hydrogen) atoms. The third-order valence-corrected chi connectivity index (χ3v) is 5.30. The van der Waals surface area contributed by atoms with Crippen molar-refractivity contribution in [1.82, 2.24) is 10.2 Å². The summed E-state index contributed by atoms with van der Waals surface area (Å²) in [4.78, 5) is 3.64. The molecule has 1 aromatic carbocycles. The number of hydrogen-bond acceptors (Lipinski definition) is 5. The number of nitrogens with zero attached hydrogens (tertiary/aromatic N) is 1. The molecule has 0 bridgehead atoms. The van der Waals surface area contributed by atoms with E-state index in [2.05, 4.69) is 43.7 Å². The molecule has 0 aliphatic carbocycles. The molecule has 2 heterocycles. The van der Waals surface area contributed by atoms with Crippen LogP contribution >= 0.6 is 27.3 Å². The SMILES string of the molecule is COc1cc(Br)cc([C@H](c2cccs2)N2CCNCC2)c1O. The Hall–Kier alpha value is -1.08. The van der Waals surface area contributed by atoms with Crippen molar-refractivity contribution < 1.29 is 9.84 Å². The molecule has 1 saturated heterocycles. The maximum atomic E-state index is 10.6. The van der Waals surface area contributed by atoms with Crippen molar-refractivity contribution in [1.29, 1.82) is 0 Å². The van der Waals surface area contributed by atoms with Crippen molar-refractivity contribution in [2.24, 2.45) is 0 Å². The van der Waals surface area contributed by atoms with E-state index in [1.54, 1.807) is 24.5 Å². The molecular weight excluding hydrogens is 364 g/mol. The first-order valence-electron chi connectivity index (χ1n) is 7.25. The highest BCUT2D eigenvalue weighted by Gasteiger charge is 2.28. The van der Waals surface area contributed by atoms with Gasteiger partial charge in [0.15, 0.2) is 11.5 Å². The van der Waals surface area contributed by atoms with Crippen LogP contribution in [0.15, 0.2) is 34.1 Å². The Bertz CT molecular complexity index is 627. The minimum atomic E-state index is 0.0495. The lowest BCUT2D eigenvalue weighted by molar-refractivity contribution is 0.197. The van der Waals surface area contributed by atoms with Gasteiger partial charge in [-0.15, -0.1) is 11.3 Å². The van der Waals surface area contributed by atoms with Gasteiger partial charge >= 0.3 is 0 Å². The molecule has 6 heteroatoms. The van der Waals surface area contributed by atoms with E-state index in [4.69, 9.17) is 4.74 Å². The van der Waals surface area contributed by atoms with Gasteiger partial charge in [0.2, 0.25) is 0 Å². The van der Waals surface area contributed by atoms with Gasteiger partial charge in [0.1, 0.15) is 0 Å². The number of phenols is 1. The van der Waals surface area contributed by atoms with E-state index in [-0.39, 0.29) is 11.8 Å². The van der Waals surface area contributed by atoms with Crippen LogP contribution in [0, 0.1) is 0 Å². The lowest BCUT2D eigenvalue weighted by Gasteiger charge is -2.35. The zero-order chi connectivity index (χ0) is 15.5. The number of methoxy groups -OCH3 is 1. The van der Waals surface area contributed by atoms with Crippen LogP contribution < -0.4 is 10.1 Å². The predicted octanol–water partition coefficient (Wildman–Crippen LogP) is 3.22. The van der Waals surface area contributed by atoms with Gasteiger partial charge in [0, 0.05) is 41.1 Å². The van der Waals surface area contributed by atoms with Gasteiger partial charge in [-0.25, -0.2) is 0 Å². The molecule has 0 spiro atoms. The molecule has 4 nitrogen and oxygen atoms in total. The summed E-state index contributed by atoms with van der Waals surface area (Å²) in [5, 5.41) is 16.1. The molecule has 0 saturated carbocycles. The molecule has 118 valence electrons. The summed E-state index contributed by atoms with van der Waals surface area (Å²) >= 11 is 5.24. The van der Waals surface area contributed by atoms with Crippen molar-refractivity contribution in [2.45, 2.75) is 6.04 Å². The molecule has 3 rings (SSSR count). The van der Waals surface area contributed by atoms with Crippen molar-refractivity contribution in [3.63, 3.8) is 0 Å². The summed E-state index contributed by atoms with van der Waals surface area (Å²) < 4.78 is 6.22. The van der Waals surface area contributed by atoms with Crippen molar-refractivity contribution in [3.8, 4) is 11.5 Å². The topological polar surface area (TPSA) is 44.7 Å². The summed E-state index contributed by atoms with van der Waals surface area (Å²) in [6, 6.07) is 8.02. The molecule has 1 fully saturated rings. The highest BCUT2D eigenvalue weighted by atomic mass is 79.9. The van der Waals surface area contributed by atoms with Crippen LogP contribution in [0.4, 0.5) is 0 Å². The Labute approximate surface area is 142 Å². The van der Waals surface area contributed by atoms with Crippen molar-refractivity contribution in [2.75, 3.05) is 33.3 Å². The smallest absolute Gasteiger partial charge is 0.162 e. The third-order valence-electron chi connectivity index (χ3n) is 3.91. The average Bonchev–Trinajstić information content (AvgIpc) is 3.05. The quantitative estimate of drug-likeness (QED) is 0.851. The van der Waals surface area contributed by atoms with Crippen molar-refractivity contribution >= 4 is 27.3 Å². The van der Waals surface area contributed by atoms with Gasteiger partial charge in [-0.3, -0.25) is 4.90 Å². The van der Waals surface area contributed by atoms with Crippen LogP contribution in [0.25, 0.3) is 0 Å². The number of hydrogen-bond donors (Lipinski definition) is 2. The van der Waals surface area contributed by atoms with Crippen LogP contribution in [0.3, 0.4) is 0 Å². The monoisotopic (exact) mass is 382 g/mol. The van der Waals surface area contributed by atoms with E-state index in [1.165, 1.54) is 4.88 Å². The second-order valence-corrected chi connectivity index (χ2v) is 7.14. The summed E-state index contributed by atoms with van der Waals surface area (Å²) in [5.74, 6) is 0.726. The van der Waals surface area contributed by atoms with Crippen molar-refractivity contribution in [3.05, 3.63) is 44.6 Å². The minimum Gasteiger partial charge on any atom is -0.504 e. The molecule has 0 amide bonds. The molecule has 1 aliphatic rings. The number of ether oxygens (including phenoxy) is 1. The first-order chi connectivity index (χ1) is 10.7. The highest BCUT2D eigenvalue weighted by Crippen LogP contribution is 2.42. The lowest BCUT2D eigenvalue weighted by atomic mass is 10.0. The molecule has 1 aromatic heterocycles. The number of nitrogens with one attached hydrogen (secondary N) is 1.